The minimum Gasteiger partial charge on any atom is -0.359 e. The molecule has 2 unspecified atom stereocenters. The number of aromatic nitrogens is 1. The Bertz CT molecular complexity index is 483. The van der Waals surface area contributed by atoms with Gasteiger partial charge in [-0.15, -0.1) is 0 Å². The van der Waals surface area contributed by atoms with E-state index in [-0.39, 0.29) is 18.4 Å². The number of carbonyl (C=O) groups excluding carboxylic acids is 2. The van der Waals surface area contributed by atoms with Crippen molar-refractivity contribution in [1.82, 2.24) is 15.4 Å². The molecule has 0 aromatic carbocycles. The zero-order valence-electron chi connectivity index (χ0n) is 11.5. The lowest BCUT2D eigenvalue weighted by atomic mass is 10.0. The van der Waals surface area contributed by atoms with E-state index in [1.54, 1.807) is 17.9 Å². The molecule has 2 amide bonds. The molecule has 1 N–H and O–H groups in total. The summed E-state index contributed by atoms with van der Waals surface area (Å²) in [5.41, 5.74) is 0.765. The molecular weight excluding hydrogens is 246 g/mol. The summed E-state index contributed by atoms with van der Waals surface area (Å²) in [7, 11) is 0. The number of hydrogen-bond acceptors (Lipinski definition) is 4. The maximum Gasteiger partial charge on any atom is 0.246 e. The Morgan fingerprint density at radius 1 is 1.47 bits per heavy atom. The van der Waals surface area contributed by atoms with Crippen molar-refractivity contribution in [2.75, 3.05) is 0 Å². The number of rotatable bonds is 4. The number of nitrogens with one attached hydrogen (secondary N) is 1. The molecule has 19 heavy (non-hydrogen) atoms. The highest BCUT2D eigenvalue weighted by Crippen LogP contribution is 2.17. The summed E-state index contributed by atoms with van der Waals surface area (Å²) in [6, 6.07) is 0.880. The molecule has 6 heteroatoms. The molecule has 1 aliphatic heterocycles. The highest BCUT2D eigenvalue weighted by atomic mass is 16.5. The zero-order chi connectivity index (χ0) is 14.0. The van der Waals surface area contributed by atoms with Crippen molar-refractivity contribution >= 4 is 11.8 Å². The van der Waals surface area contributed by atoms with Gasteiger partial charge in [0.15, 0.2) is 5.76 Å². The quantitative estimate of drug-likeness (QED) is 0.881. The average molecular weight is 265 g/mol. The lowest BCUT2D eigenvalue weighted by Crippen LogP contribution is -2.61. The van der Waals surface area contributed by atoms with Crippen molar-refractivity contribution in [3.05, 3.63) is 17.5 Å². The summed E-state index contributed by atoms with van der Waals surface area (Å²) in [6.45, 7) is 5.82. The van der Waals surface area contributed by atoms with E-state index in [9.17, 15) is 9.59 Å². The molecule has 1 saturated heterocycles. The fraction of sp³-hybridized carbons (Fsp3) is 0.615. The molecule has 1 fully saturated rings. The predicted molar refractivity (Wildman–Crippen MR) is 68.1 cm³/mol. The Hall–Kier alpha value is -1.85. The Kier molecular flexibility index (Phi) is 3.87. The highest BCUT2D eigenvalue weighted by molar-refractivity contribution is 5.96. The van der Waals surface area contributed by atoms with Gasteiger partial charge in [0.25, 0.3) is 0 Å². The van der Waals surface area contributed by atoms with Crippen LogP contribution in [0.5, 0.6) is 0 Å². The second-order valence-electron chi connectivity index (χ2n) is 4.93. The van der Waals surface area contributed by atoms with Crippen LogP contribution in [0.15, 0.2) is 10.6 Å². The van der Waals surface area contributed by atoms with Crippen molar-refractivity contribution in [1.29, 1.82) is 0 Å². The lowest BCUT2D eigenvalue weighted by Gasteiger charge is -2.36. The summed E-state index contributed by atoms with van der Waals surface area (Å²) in [5.74, 6) is 0.430. The number of carbonyl (C=O) groups is 2. The molecule has 1 aromatic heterocycles. The van der Waals surface area contributed by atoms with Crippen LogP contribution in [0.2, 0.25) is 0 Å². The van der Waals surface area contributed by atoms with E-state index < -0.39 is 12.1 Å². The normalized spacial score (nSPS) is 23.6. The maximum atomic E-state index is 12.3. The second kappa shape index (κ2) is 5.42. The minimum atomic E-state index is -0.481. The molecule has 1 aromatic rings. The molecule has 2 rings (SSSR count). The second-order valence-corrected chi connectivity index (χ2v) is 4.93. The monoisotopic (exact) mass is 265 g/mol. The Morgan fingerprint density at radius 3 is 2.79 bits per heavy atom. The van der Waals surface area contributed by atoms with Crippen LogP contribution in [0.4, 0.5) is 0 Å². The van der Waals surface area contributed by atoms with Crippen LogP contribution in [-0.2, 0) is 16.1 Å². The van der Waals surface area contributed by atoms with E-state index in [2.05, 4.69) is 10.5 Å². The fourth-order valence-electron chi connectivity index (χ4n) is 2.24. The van der Waals surface area contributed by atoms with Gasteiger partial charge in [0.05, 0.1) is 12.2 Å². The molecule has 2 heterocycles. The van der Waals surface area contributed by atoms with Crippen molar-refractivity contribution in [3.8, 4) is 0 Å². The van der Waals surface area contributed by atoms with Gasteiger partial charge in [-0.25, -0.2) is 0 Å². The van der Waals surface area contributed by atoms with Gasteiger partial charge in [-0.05, 0) is 20.3 Å². The van der Waals surface area contributed by atoms with Gasteiger partial charge in [0.1, 0.15) is 12.1 Å². The van der Waals surface area contributed by atoms with E-state index in [1.807, 2.05) is 13.8 Å². The zero-order valence-corrected chi connectivity index (χ0v) is 11.5. The number of nitrogens with zero attached hydrogens (tertiary/aromatic N) is 2. The first-order chi connectivity index (χ1) is 9.02. The van der Waals surface area contributed by atoms with E-state index in [4.69, 9.17) is 4.52 Å². The van der Waals surface area contributed by atoms with E-state index in [1.165, 1.54) is 0 Å². The van der Waals surface area contributed by atoms with Gasteiger partial charge in [0, 0.05) is 6.07 Å². The van der Waals surface area contributed by atoms with Crippen LogP contribution in [0.1, 0.15) is 38.1 Å². The van der Waals surface area contributed by atoms with E-state index >= 15 is 0 Å². The van der Waals surface area contributed by atoms with Crippen LogP contribution in [0, 0.1) is 6.92 Å². The number of hydrogen-bond donors (Lipinski definition) is 1. The third kappa shape index (κ3) is 2.77. The van der Waals surface area contributed by atoms with E-state index in [0.29, 0.717) is 12.2 Å². The minimum absolute atomic E-state index is 0.0528. The summed E-state index contributed by atoms with van der Waals surface area (Å²) in [5, 5.41) is 6.55. The highest BCUT2D eigenvalue weighted by Gasteiger charge is 2.37. The molecule has 0 aliphatic carbocycles. The van der Waals surface area contributed by atoms with Crippen molar-refractivity contribution < 1.29 is 14.1 Å². The van der Waals surface area contributed by atoms with Gasteiger partial charge in [-0.1, -0.05) is 18.5 Å². The molecule has 0 saturated carbocycles. The number of piperazine rings is 1. The Labute approximate surface area is 112 Å². The first kappa shape index (κ1) is 13.6. The van der Waals surface area contributed by atoms with Crippen molar-refractivity contribution in [2.24, 2.45) is 0 Å². The fourth-order valence-corrected chi connectivity index (χ4v) is 2.24. The smallest absolute Gasteiger partial charge is 0.246 e. The summed E-state index contributed by atoms with van der Waals surface area (Å²) >= 11 is 0. The third-order valence-corrected chi connectivity index (χ3v) is 3.32. The molecule has 2 atom stereocenters. The van der Waals surface area contributed by atoms with Gasteiger partial charge in [0.2, 0.25) is 11.8 Å². The van der Waals surface area contributed by atoms with Crippen LogP contribution in [0.25, 0.3) is 0 Å². The average Bonchev–Trinajstić information content (AvgIpc) is 2.77. The third-order valence-electron chi connectivity index (χ3n) is 3.32. The molecule has 6 nitrogen and oxygen atoms in total. The van der Waals surface area contributed by atoms with Crippen LogP contribution >= 0.6 is 0 Å². The summed E-state index contributed by atoms with van der Waals surface area (Å²) < 4.78 is 5.12. The summed E-state index contributed by atoms with van der Waals surface area (Å²) in [6.07, 6.45) is 1.50. The first-order valence-electron chi connectivity index (χ1n) is 6.56. The summed E-state index contributed by atoms with van der Waals surface area (Å²) in [4.78, 5) is 25.8. The number of amides is 2. The molecule has 0 bridgehead atoms. The van der Waals surface area contributed by atoms with Gasteiger partial charge in [-0.2, -0.15) is 0 Å². The SMILES string of the molecule is CCCC1NC(=O)C(C)N(Cc2cc(C)no2)C1=O. The molecular formula is C13H19N3O3. The largest absolute Gasteiger partial charge is 0.359 e. The van der Waals surface area contributed by atoms with Gasteiger partial charge >= 0.3 is 0 Å². The predicted octanol–water partition coefficient (Wildman–Crippen LogP) is 0.999. The van der Waals surface area contributed by atoms with E-state index in [0.717, 1.165) is 12.1 Å². The Morgan fingerprint density at radius 2 is 2.21 bits per heavy atom. The van der Waals surface area contributed by atoms with Crippen LogP contribution < -0.4 is 5.32 Å². The lowest BCUT2D eigenvalue weighted by molar-refractivity contribution is -0.149. The standard InChI is InChI=1S/C13H19N3O3/c1-4-5-11-13(18)16(9(3)12(17)14-11)7-10-6-8(2)15-19-10/h6,9,11H,4-5,7H2,1-3H3,(H,14,17). The van der Waals surface area contributed by atoms with Crippen molar-refractivity contribution in [2.45, 2.75) is 52.2 Å². The first-order valence-corrected chi connectivity index (χ1v) is 6.56. The number of aryl methyl sites for hydroxylation is 1. The maximum absolute atomic E-state index is 12.3. The van der Waals surface area contributed by atoms with Crippen LogP contribution in [-0.4, -0.2) is 34.0 Å². The molecule has 1 aliphatic rings. The Balaban J connectivity index is 2.15. The molecule has 104 valence electrons. The molecule has 0 radical (unpaired) electrons. The van der Waals surface area contributed by atoms with Crippen molar-refractivity contribution in [3.63, 3.8) is 0 Å². The molecule has 0 spiro atoms. The van der Waals surface area contributed by atoms with Crippen LogP contribution in [0.3, 0.4) is 0 Å². The van der Waals surface area contributed by atoms with Gasteiger partial charge in [-0.3, -0.25) is 9.59 Å². The van der Waals surface area contributed by atoms with Gasteiger partial charge < -0.3 is 14.7 Å². The topological polar surface area (TPSA) is 75.4 Å².